The van der Waals surface area contributed by atoms with Crippen molar-refractivity contribution in [1.82, 2.24) is 51.5 Å². The van der Waals surface area contributed by atoms with Crippen LogP contribution in [0.1, 0.15) is 172 Å². The summed E-state index contributed by atoms with van der Waals surface area (Å²) in [5.74, 6) is 1.91. The molecule has 4 unspecified atom stereocenters. The summed E-state index contributed by atoms with van der Waals surface area (Å²) in [5, 5.41) is 19.0. The number of rotatable bonds is 15. The second-order valence-electron chi connectivity index (χ2n) is 38.5. The summed E-state index contributed by atoms with van der Waals surface area (Å²) in [6.07, 6.45) is 19.3. The number of piperidine rings is 5. The molecule has 29 nitrogen and oxygen atoms in total. The van der Waals surface area contributed by atoms with E-state index in [9.17, 15) is 51.7 Å². The summed E-state index contributed by atoms with van der Waals surface area (Å²) in [6.45, 7) is 40.2. The second kappa shape index (κ2) is 48.2. The Kier molecular flexibility index (Phi) is 39.7. The van der Waals surface area contributed by atoms with Crippen LogP contribution in [-0.2, 0) is 81.6 Å². The molecule has 0 bridgehead atoms. The van der Waals surface area contributed by atoms with Gasteiger partial charge in [0, 0.05) is 158 Å². The molecule has 37 heteroatoms. The van der Waals surface area contributed by atoms with Gasteiger partial charge < -0.3 is 53.2 Å². The molecule has 10 heterocycles. The molecule has 5 aromatic rings. The van der Waals surface area contributed by atoms with Gasteiger partial charge in [-0.3, -0.25) is 31.5 Å². The lowest BCUT2D eigenvalue weighted by Gasteiger charge is -2.41. The summed E-state index contributed by atoms with van der Waals surface area (Å²) >= 11 is 6.56. The molecule has 133 heavy (non-hydrogen) atoms. The van der Waals surface area contributed by atoms with Crippen molar-refractivity contribution in [2.75, 3.05) is 129 Å². The number of carbonyl (C=O) groups is 2. The third kappa shape index (κ3) is 31.5. The standard InChI is InChI=1S/C19H28N2O5S.C19H28N2O3S.C17H24N2O3S.C14H20N2O3S.C12H22N2O3.C7H7ClO2S.C5H9Br.C3H5Br/c1-14-5-7-15(8-6-14)27(23,24)16-13-25-19(20-16)9-11-21(12-10-19)17(22)26-18(2,3)4;1-15-5-7-17(8-6-15)25(22,23)18-14-24-19(20-18)9-11-21(12-10-19)13-16-3-2-4-16;1-3-10-19-11-8-17(9-12-19)18-16(13-22-17)23(20,21)15-6-4-14(2)5-7-15;1-11-2-4-12(5-3-11)20(17,18)13-10-19-14(16-13)6-8-15-9-7-14;1-11(2,3)17-10(15)14-7-4-12(5-8-14)13-6-9-16-12;1-6-2-4-7(5-3-6)11(8,9)10;6-4-5-2-1-3-5;1-2-3-4/h5-8,16,20H,9-13H2,1-4H3;5-8,16,18,20H,2-4,9-14H2,1H3;3-7,16,18H,1,8-13H2,2H3;2-5,13,15-16H,6-10H2,1H3;13H,4-9H2,1-3H3;2-5H,1H3;5H,1-4H2;2H,1,3H2. The Bertz CT molecular complexity index is 5160. The van der Waals surface area contributed by atoms with Crippen LogP contribution in [0.5, 0.6) is 0 Å². The van der Waals surface area contributed by atoms with Crippen LogP contribution in [0.15, 0.2) is 171 Å². The number of carbonyl (C=O) groups excluding carboxylic acids is 2. The maximum absolute atomic E-state index is 12.9. The van der Waals surface area contributed by atoms with E-state index in [2.05, 4.69) is 86.7 Å². The highest BCUT2D eigenvalue weighted by Crippen LogP contribution is 2.39. The number of ether oxygens (including phenoxy) is 7. The van der Waals surface area contributed by atoms with E-state index in [4.69, 9.17) is 43.8 Å². The number of hydrogen-bond donors (Lipinski definition) is 6. The molecule has 6 N–H and O–H groups in total. The Labute approximate surface area is 812 Å². The third-order valence-electron chi connectivity index (χ3n) is 25.7. The van der Waals surface area contributed by atoms with E-state index < -0.39 is 104 Å². The summed E-state index contributed by atoms with van der Waals surface area (Å²) in [7, 11) is -12.2. The molecular weight excluding hydrogens is 1950 g/mol. The van der Waals surface area contributed by atoms with Crippen molar-refractivity contribution >= 4 is 103 Å². The highest BCUT2D eigenvalue weighted by atomic mass is 79.9. The van der Waals surface area contributed by atoms with E-state index in [0.29, 0.717) is 53.7 Å². The molecule has 5 spiro atoms. The van der Waals surface area contributed by atoms with Crippen LogP contribution >= 0.6 is 42.5 Å². The van der Waals surface area contributed by atoms with Crippen molar-refractivity contribution in [3.63, 3.8) is 0 Å². The monoisotopic (exact) mass is 2090 g/mol. The van der Waals surface area contributed by atoms with Gasteiger partial charge in [-0.05, 0) is 187 Å². The number of alkyl halides is 2. The predicted molar refractivity (Wildman–Crippen MR) is 527 cm³/mol. The Morgan fingerprint density at radius 2 is 0.699 bits per heavy atom. The quantitative estimate of drug-likeness (QED) is 0.0322. The van der Waals surface area contributed by atoms with Gasteiger partial charge in [0.25, 0.3) is 9.05 Å². The first-order valence-corrected chi connectivity index (χ1v) is 57.2. The fourth-order valence-electron chi connectivity index (χ4n) is 17.1. The van der Waals surface area contributed by atoms with Crippen LogP contribution in [-0.4, -0.2) is 264 Å². The third-order valence-corrected chi connectivity index (χ3v) is 36.2. The SMILES string of the molecule is BrCC1CCC1.C=CCBr.C=CCN1CCC2(CC1)NC(S(=O)(=O)c1ccc(C)cc1)CO2.CC(C)(C)OC(=O)N1CCC2(CC1)NCCO2.Cc1ccc(S(=O)(=O)C2COC3(CCN(C(=O)OC(C)(C)C)CC3)N2)cc1.Cc1ccc(S(=O)(=O)C2COC3(CCN(CC4CCC4)CC3)N2)cc1.Cc1ccc(S(=O)(=O)C2COC3(CCNCC3)N2)cc1.Cc1ccc(S(=O)(=O)Cl)cc1. The van der Waals surface area contributed by atoms with E-state index in [0.717, 1.165) is 155 Å². The number of nitrogens with one attached hydrogen (secondary N) is 6. The van der Waals surface area contributed by atoms with E-state index in [1.54, 1.807) is 88.7 Å². The summed E-state index contributed by atoms with van der Waals surface area (Å²) in [5.41, 5.74) is 1.90. The molecule has 2 aliphatic carbocycles. The molecule has 2 saturated carbocycles. The molecule has 742 valence electrons. The minimum atomic E-state index is -3.55. The molecular formula is C96H143Br2ClN10O19S5. The highest BCUT2D eigenvalue weighted by molar-refractivity contribution is 9.09. The smallest absolute Gasteiger partial charge is 0.410 e. The molecule has 0 radical (unpaired) electrons. The van der Waals surface area contributed by atoms with Crippen molar-refractivity contribution in [3.8, 4) is 0 Å². The molecule has 10 aliphatic heterocycles. The maximum atomic E-state index is 12.9. The zero-order chi connectivity index (χ0) is 96.9. The van der Waals surface area contributed by atoms with Crippen LogP contribution in [0.2, 0.25) is 0 Å². The topological polar surface area (TPSA) is 355 Å². The molecule has 5 aromatic carbocycles. The number of amides is 2. The van der Waals surface area contributed by atoms with E-state index in [-0.39, 0.29) is 54.1 Å². The van der Waals surface area contributed by atoms with Crippen molar-refractivity contribution < 1.29 is 84.8 Å². The van der Waals surface area contributed by atoms with E-state index in [1.165, 1.54) is 62.5 Å². The number of likely N-dealkylation sites (tertiary alicyclic amines) is 4. The molecule has 17 rings (SSSR count). The summed E-state index contributed by atoms with van der Waals surface area (Å²) in [4.78, 5) is 33.8. The molecule has 12 aliphatic rings. The predicted octanol–water partition coefficient (Wildman–Crippen LogP) is 14.2. The number of allylic oxidation sites excluding steroid dienone is 1. The summed E-state index contributed by atoms with van der Waals surface area (Å²) < 4.78 is 164. The van der Waals surface area contributed by atoms with Gasteiger partial charge in [0.2, 0.25) is 0 Å². The average molecular weight is 2100 g/mol. The lowest BCUT2D eigenvalue weighted by molar-refractivity contribution is -0.0602. The molecule has 2 amide bonds. The Morgan fingerprint density at radius 1 is 0.414 bits per heavy atom. The Morgan fingerprint density at radius 3 is 0.947 bits per heavy atom. The van der Waals surface area contributed by atoms with Crippen LogP contribution in [0, 0.1) is 46.5 Å². The molecule has 0 aromatic heterocycles. The van der Waals surface area contributed by atoms with Crippen LogP contribution in [0.4, 0.5) is 9.59 Å². The zero-order valence-electron chi connectivity index (χ0n) is 79.3. The van der Waals surface area contributed by atoms with Crippen molar-refractivity contribution in [2.24, 2.45) is 11.8 Å². The van der Waals surface area contributed by atoms with Crippen LogP contribution in [0.3, 0.4) is 0 Å². The minimum absolute atomic E-state index is 0.0998. The first-order valence-electron chi connectivity index (χ1n) is 46.4. The largest absolute Gasteiger partial charge is 0.444 e. The minimum Gasteiger partial charge on any atom is -0.444 e. The zero-order valence-corrected chi connectivity index (χ0v) is 87.3. The fourth-order valence-corrected chi connectivity index (χ4v) is 24.3. The second-order valence-corrected chi connectivity index (χ2v) is 50.9. The molecule has 10 saturated heterocycles. The van der Waals surface area contributed by atoms with Crippen LogP contribution in [0.25, 0.3) is 0 Å². The number of aryl methyl sites for hydroxylation is 5. The highest BCUT2D eigenvalue weighted by Gasteiger charge is 2.52. The summed E-state index contributed by atoms with van der Waals surface area (Å²) in [6, 6.07) is 34.3. The average Bonchev–Trinajstić information content (AvgIpc) is 1.65. The number of hydrogen-bond acceptors (Lipinski definition) is 27. The fraction of sp³-hybridized carbons (Fsp3) is 0.625. The van der Waals surface area contributed by atoms with Gasteiger partial charge in [-0.15, -0.1) is 13.2 Å². The number of nitrogens with zero attached hydrogens (tertiary/aromatic N) is 4. The maximum Gasteiger partial charge on any atom is 0.410 e. The first-order chi connectivity index (χ1) is 62.7. The number of sulfone groups is 4. The van der Waals surface area contributed by atoms with Gasteiger partial charge in [0.1, 0.15) is 61.3 Å². The normalized spacial score (nSPS) is 23.3. The Hall–Kier alpha value is -5.40. The molecule has 4 atom stereocenters. The van der Waals surface area contributed by atoms with E-state index >= 15 is 0 Å². The molecule has 12 fully saturated rings. The van der Waals surface area contributed by atoms with Gasteiger partial charge in [0.15, 0.2) is 39.3 Å². The first kappa shape index (κ1) is 110. The van der Waals surface area contributed by atoms with E-state index in [1.807, 2.05) is 119 Å². The number of halogens is 3. The van der Waals surface area contributed by atoms with Crippen LogP contribution < -0.4 is 31.9 Å². The van der Waals surface area contributed by atoms with Crippen molar-refractivity contribution in [3.05, 3.63) is 174 Å². The van der Waals surface area contributed by atoms with Gasteiger partial charge in [-0.1, -0.05) is 145 Å². The van der Waals surface area contributed by atoms with Gasteiger partial charge >= 0.3 is 12.2 Å². The van der Waals surface area contributed by atoms with Gasteiger partial charge in [-0.25, -0.2) is 51.7 Å². The number of benzene rings is 5. The van der Waals surface area contributed by atoms with Gasteiger partial charge in [-0.2, -0.15) is 0 Å². The lowest BCUT2D eigenvalue weighted by atomic mass is 9.84. The Balaban J connectivity index is 0.000000164. The van der Waals surface area contributed by atoms with Crippen molar-refractivity contribution in [2.45, 2.75) is 265 Å². The van der Waals surface area contributed by atoms with Gasteiger partial charge in [0.05, 0.1) is 57.5 Å². The van der Waals surface area contributed by atoms with Crippen molar-refractivity contribution in [1.29, 1.82) is 0 Å². The lowest BCUT2D eigenvalue weighted by Crippen LogP contribution is -2.55.